The minimum atomic E-state index is 0.608. The first-order valence-electron chi connectivity index (χ1n) is 6.02. The molecule has 0 aromatic carbocycles. The van der Waals surface area contributed by atoms with Crippen molar-refractivity contribution < 1.29 is 0 Å². The van der Waals surface area contributed by atoms with E-state index in [-0.39, 0.29) is 0 Å². The van der Waals surface area contributed by atoms with Crippen molar-refractivity contribution in [1.29, 1.82) is 0 Å². The van der Waals surface area contributed by atoms with E-state index in [1.165, 1.54) is 0 Å². The van der Waals surface area contributed by atoms with Crippen LogP contribution in [0.15, 0.2) is 12.4 Å². The largest absolute Gasteiger partial charge is 0.359 e. The number of aryl methyl sites for hydroxylation is 1. The third-order valence-corrected chi connectivity index (χ3v) is 2.68. The molecule has 5 nitrogen and oxygen atoms in total. The van der Waals surface area contributed by atoms with Gasteiger partial charge < -0.3 is 4.90 Å². The van der Waals surface area contributed by atoms with Crippen molar-refractivity contribution in [3.05, 3.63) is 18.1 Å². The average Bonchev–Trinajstić information content (AvgIpc) is 2.74. The molecule has 0 aliphatic carbocycles. The number of anilines is 1. The van der Waals surface area contributed by atoms with Gasteiger partial charge in [0.25, 0.3) is 5.78 Å². The van der Waals surface area contributed by atoms with E-state index in [4.69, 9.17) is 0 Å². The van der Waals surface area contributed by atoms with Crippen LogP contribution in [0.2, 0.25) is 0 Å². The van der Waals surface area contributed by atoms with Crippen LogP contribution in [0.3, 0.4) is 0 Å². The number of fused-ring (bicyclic) bond motifs is 1. The Hall–Kier alpha value is -1.65. The minimum absolute atomic E-state index is 0.608. The molecule has 2 aromatic heterocycles. The van der Waals surface area contributed by atoms with E-state index in [2.05, 4.69) is 53.9 Å². The number of nitrogens with zero attached hydrogens (tertiary/aromatic N) is 5. The smallest absolute Gasteiger partial charge is 0.254 e. The second kappa shape index (κ2) is 4.69. The normalized spacial score (nSPS) is 11.4. The molecule has 92 valence electrons. The third kappa shape index (κ3) is 2.38. The Labute approximate surface area is 101 Å². The lowest BCUT2D eigenvalue weighted by atomic mass is 10.2. The fourth-order valence-electron chi connectivity index (χ4n) is 1.94. The van der Waals surface area contributed by atoms with Gasteiger partial charge in [0.15, 0.2) is 0 Å². The average molecular weight is 233 g/mol. The van der Waals surface area contributed by atoms with Gasteiger partial charge in [-0.05, 0) is 12.3 Å². The van der Waals surface area contributed by atoms with Crippen molar-refractivity contribution in [1.82, 2.24) is 19.6 Å². The second-order valence-electron chi connectivity index (χ2n) is 4.71. The van der Waals surface area contributed by atoms with Gasteiger partial charge in [0.1, 0.15) is 12.1 Å². The molecule has 0 spiro atoms. The zero-order valence-corrected chi connectivity index (χ0v) is 10.9. The molecule has 0 unspecified atom stereocenters. The van der Waals surface area contributed by atoms with Crippen LogP contribution in [-0.4, -0.2) is 33.2 Å². The second-order valence-corrected chi connectivity index (χ2v) is 4.71. The van der Waals surface area contributed by atoms with Crippen LogP contribution in [0.1, 0.15) is 26.5 Å². The third-order valence-electron chi connectivity index (χ3n) is 2.68. The monoisotopic (exact) mass is 233 g/mol. The SMILES string of the molecule is CCc1cc(N(C)CC(C)C)n2ncnc2n1. The van der Waals surface area contributed by atoms with Crippen molar-refractivity contribution in [2.24, 2.45) is 5.92 Å². The molecule has 0 aliphatic heterocycles. The Morgan fingerprint density at radius 2 is 2.18 bits per heavy atom. The van der Waals surface area contributed by atoms with Crippen molar-refractivity contribution in [2.75, 3.05) is 18.5 Å². The summed E-state index contributed by atoms with van der Waals surface area (Å²) in [5, 5.41) is 4.22. The summed E-state index contributed by atoms with van der Waals surface area (Å²) in [6, 6.07) is 2.09. The minimum Gasteiger partial charge on any atom is -0.359 e. The predicted octanol–water partition coefficient (Wildman–Crippen LogP) is 1.78. The summed E-state index contributed by atoms with van der Waals surface area (Å²) in [4.78, 5) is 10.8. The zero-order chi connectivity index (χ0) is 12.4. The van der Waals surface area contributed by atoms with Crippen LogP contribution >= 0.6 is 0 Å². The van der Waals surface area contributed by atoms with Crippen molar-refractivity contribution in [3.8, 4) is 0 Å². The molecule has 0 radical (unpaired) electrons. The maximum atomic E-state index is 4.44. The summed E-state index contributed by atoms with van der Waals surface area (Å²) in [7, 11) is 2.08. The first-order valence-corrected chi connectivity index (χ1v) is 6.02. The zero-order valence-electron chi connectivity index (χ0n) is 10.9. The highest BCUT2D eigenvalue weighted by Crippen LogP contribution is 2.16. The van der Waals surface area contributed by atoms with Crippen LogP contribution in [0, 0.1) is 5.92 Å². The van der Waals surface area contributed by atoms with Crippen LogP contribution in [0.4, 0.5) is 5.82 Å². The standard InChI is InChI=1S/C12H19N5/c1-5-10-6-11(16(4)7-9(2)3)17-12(15-10)13-8-14-17/h6,8-9H,5,7H2,1-4H3. The Morgan fingerprint density at radius 3 is 2.82 bits per heavy atom. The van der Waals surface area contributed by atoms with Gasteiger partial charge in [-0.2, -0.15) is 14.6 Å². The van der Waals surface area contributed by atoms with E-state index in [1.54, 1.807) is 10.8 Å². The fraction of sp³-hybridized carbons (Fsp3) is 0.583. The summed E-state index contributed by atoms with van der Waals surface area (Å²) in [5.41, 5.74) is 1.05. The number of rotatable bonds is 4. The number of hydrogen-bond acceptors (Lipinski definition) is 4. The number of hydrogen-bond donors (Lipinski definition) is 0. The predicted molar refractivity (Wildman–Crippen MR) is 68.3 cm³/mol. The molecule has 5 heteroatoms. The Bertz CT molecular complexity index is 503. The van der Waals surface area contributed by atoms with Crippen molar-refractivity contribution in [3.63, 3.8) is 0 Å². The molecular formula is C12H19N5. The summed E-state index contributed by atoms with van der Waals surface area (Å²) in [6.07, 6.45) is 2.46. The molecule has 2 heterocycles. The fourth-order valence-corrected chi connectivity index (χ4v) is 1.94. The van der Waals surface area contributed by atoms with Crippen LogP contribution in [0.25, 0.3) is 5.78 Å². The van der Waals surface area contributed by atoms with Crippen LogP contribution in [0.5, 0.6) is 0 Å². The molecule has 0 saturated heterocycles. The van der Waals surface area contributed by atoms with Gasteiger partial charge >= 0.3 is 0 Å². The summed E-state index contributed by atoms with van der Waals surface area (Å²) in [6.45, 7) is 7.50. The molecule has 2 rings (SSSR count). The summed E-state index contributed by atoms with van der Waals surface area (Å²) in [5.74, 6) is 2.34. The van der Waals surface area contributed by atoms with Crippen LogP contribution < -0.4 is 4.90 Å². The number of aromatic nitrogens is 4. The van der Waals surface area contributed by atoms with E-state index >= 15 is 0 Å². The van der Waals surface area contributed by atoms with Gasteiger partial charge in [-0.25, -0.2) is 4.98 Å². The molecule has 17 heavy (non-hydrogen) atoms. The highest BCUT2D eigenvalue weighted by atomic mass is 15.4. The van der Waals surface area contributed by atoms with Gasteiger partial charge in [-0.1, -0.05) is 20.8 Å². The van der Waals surface area contributed by atoms with E-state index < -0.39 is 0 Å². The molecule has 2 aromatic rings. The first kappa shape index (κ1) is 11.8. The van der Waals surface area contributed by atoms with Gasteiger partial charge in [-0.3, -0.25) is 0 Å². The molecule has 0 amide bonds. The lowest BCUT2D eigenvalue weighted by Crippen LogP contribution is -2.25. The Balaban J connectivity index is 2.46. The molecule has 0 atom stereocenters. The first-order chi connectivity index (χ1) is 8.11. The molecule has 0 bridgehead atoms. The van der Waals surface area contributed by atoms with Crippen molar-refractivity contribution >= 4 is 11.6 Å². The van der Waals surface area contributed by atoms with Gasteiger partial charge in [0.05, 0.1) is 0 Å². The van der Waals surface area contributed by atoms with Gasteiger partial charge in [0, 0.05) is 25.4 Å². The van der Waals surface area contributed by atoms with Gasteiger partial charge in [-0.15, -0.1) is 0 Å². The molecular weight excluding hydrogens is 214 g/mol. The summed E-state index contributed by atoms with van der Waals surface area (Å²) >= 11 is 0. The quantitative estimate of drug-likeness (QED) is 0.807. The lowest BCUT2D eigenvalue weighted by Gasteiger charge is -2.22. The molecule has 0 fully saturated rings. The maximum Gasteiger partial charge on any atom is 0.254 e. The highest BCUT2D eigenvalue weighted by molar-refractivity contribution is 5.46. The van der Waals surface area contributed by atoms with Gasteiger partial charge in [0.2, 0.25) is 0 Å². The topological polar surface area (TPSA) is 46.3 Å². The Kier molecular flexibility index (Phi) is 3.26. The van der Waals surface area contributed by atoms with Crippen LogP contribution in [-0.2, 0) is 6.42 Å². The van der Waals surface area contributed by atoms with Crippen molar-refractivity contribution in [2.45, 2.75) is 27.2 Å². The highest BCUT2D eigenvalue weighted by Gasteiger charge is 2.11. The lowest BCUT2D eigenvalue weighted by molar-refractivity contribution is 0.628. The van der Waals surface area contributed by atoms with E-state index in [1.807, 2.05) is 0 Å². The molecule has 0 N–H and O–H groups in total. The molecule has 0 saturated carbocycles. The van der Waals surface area contributed by atoms with E-state index in [9.17, 15) is 0 Å². The van der Waals surface area contributed by atoms with E-state index in [0.717, 1.165) is 24.5 Å². The van der Waals surface area contributed by atoms with E-state index in [0.29, 0.717) is 11.7 Å². The molecule has 0 aliphatic rings. The Morgan fingerprint density at radius 1 is 1.41 bits per heavy atom. The summed E-state index contributed by atoms with van der Waals surface area (Å²) < 4.78 is 1.79. The maximum absolute atomic E-state index is 4.44.